The predicted molar refractivity (Wildman–Crippen MR) is 117 cm³/mol. The normalized spacial score (nSPS) is 16.4. The third-order valence-electron chi connectivity index (χ3n) is 5.01. The van der Waals surface area contributed by atoms with Gasteiger partial charge in [0.1, 0.15) is 5.69 Å². The molecule has 2 N–H and O–H groups in total. The Balaban J connectivity index is 1.37. The molecule has 1 unspecified atom stereocenters. The maximum absolute atomic E-state index is 12.3. The number of nitrogens with one attached hydrogen (secondary N) is 2. The number of rotatable bonds is 7. The number of nitrogens with zero attached hydrogens (tertiary/aromatic N) is 6. The van der Waals surface area contributed by atoms with Gasteiger partial charge in [0.2, 0.25) is 5.95 Å². The first-order valence-corrected chi connectivity index (χ1v) is 10.9. The van der Waals surface area contributed by atoms with E-state index in [9.17, 15) is 4.79 Å². The molecule has 1 saturated heterocycles. The van der Waals surface area contributed by atoms with E-state index in [2.05, 4.69) is 41.5 Å². The van der Waals surface area contributed by atoms with Crippen LogP contribution in [-0.2, 0) is 6.54 Å². The van der Waals surface area contributed by atoms with Crippen LogP contribution in [0.3, 0.4) is 0 Å². The summed E-state index contributed by atoms with van der Waals surface area (Å²) in [7, 11) is 0. The SMILES string of the molecule is N#CCN1CCCC(c2ccnc(Nc3nc(C(=O)NCc4ccccn4)cs3)n2)C1. The van der Waals surface area contributed by atoms with Gasteiger partial charge in [0, 0.05) is 30.2 Å². The Morgan fingerprint density at radius 1 is 1.26 bits per heavy atom. The molecule has 0 bridgehead atoms. The number of amides is 1. The van der Waals surface area contributed by atoms with Crippen LogP contribution in [0, 0.1) is 11.3 Å². The second-order valence-electron chi connectivity index (χ2n) is 7.20. The van der Waals surface area contributed by atoms with Crippen molar-refractivity contribution in [1.82, 2.24) is 30.2 Å². The van der Waals surface area contributed by atoms with Crippen molar-refractivity contribution in [1.29, 1.82) is 5.26 Å². The number of anilines is 2. The van der Waals surface area contributed by atoms with Gasteiger partial charge < -0.3 is 10.6 Å². The van der Waals surface area contributed by atoms with Crippen LogP contribution in [0.2, 0.25) is 0 Å². The number of likely N-dealkylation sites (tertiary alicyclic amines) is 1. The number of pyridine rings is 1. The first kappa shape index (κ1) is 20.8. The summed E-state index contributed by atoms with van der Waals surface area (Å²) in [5.74, 6) is 0.462. The highest BCUT2D eigenvalue weighted by Gasteiger charge is 2.22. The van der Waals surface area contributed by atoms with Crippen LogP contribution >= 0.6 is 11.3 Å². The van der Waals surface area contributed by atoms with Crippen molar-refractivity contribution in [2.75, 3.05) is 25.0 Å². The fourth-order valence-electron chi connectivity index (χ4n) is 3.50. The summed E-state index contributed by atoms with van der Waals surface area (Å²) in [6, 6.07) is 9.70. The molecule has 4 heterocycles. The Morgan fingerprint density at radius 3 is 3.03 bits per heavy atom. The Bertz CT molecular complexity index is 1060. The van der Waals surface area contributed by atoms with Crippen molar-refractivity contribution in [3.8, 4) is 6.07 Å². The van der Waals surface area contributed by atoms with Crippen LogP contribution in [0.5, 0.6) is 0 Å². The number of carbonyl (C=O) groups excluding carboxylic acids is 1. The molecular weight excluding hydrogens is 412 g/mol. The highest BCUT2D eigenvalue weighted by molar-refractivity contribution is 7.14. The third-order valence-corrected chi connectivity index (χ3v) is 5.76. The average Bonchev–Trinajstić information content (AvgIpc) is 3.27. The Kier molecular flexibility index (Phi) is 6.76. The van der Waals surface area contributed by atoms with Crippen LogP contribution in [0.25, 0.3) is 0 Å². The highest BCUT2D eigenvalue weighted by Crippen LogP contribution is 2.26. The molecule has 10 heteroatoms. The van der Waals surface area contributed by atoms with Crippen LogP contribution in [-0.4, -0.2) is 50.4 Å². The molecule has 4 rings (SSSR count). The Morgan fingerprint density at radius 2 is 2.19 bits per heavy atom. The van der Waals surface area contributed by atoms with E-state index in [-0.39, 0.29) is 11.8 Å². The van der Waals surface area contributed by atoms with Gasteiger partial charge >= 0.3 is 0 Å². The number of hydrogen-bond acceptors (Lipinski definition) is 9. The van der Waals surface area contributed by atoms with E-state index in [1.165, 1.54) is 11.3 Å². The lowest BCUT2D eigenvalue weighted by molar-refractivity contribution is 0.0946. The van der Waals surface area contributed by atoms with Gasteiger partial charge in [0.25, 0.3) is 5.91 Å². The van der Waals surface area contributed by atoms with E-state index >= 15 is 0 Å². The zero-order valence-corrected chi connectivity index (χ0v) is 17.7. The van der Waals surface area contributed by atoms with Crippen LogP contribution in [0.15, 0.2) is 42.0 Å². The fourth-order valence-corrected chi connectivity index (χ4v) is 4.18. The average molecular weight is 435 g/mol. The van der Waals surface area contributed by atoms with Gasteiger partial charge in [-0.25, -0.2) is 15.0 Å². The lowest BCUT2D eigenvalue weighted by Gasteiger charge is -2.30. The van der Waals surface area contributed by atoms with Gasteiger partial charge in [-0.05, 0) is 37.6 Å². The minimum absolute atomic E-state index is 0.260. The van der Waals surface area contributed by atoms with Crippen molar-refractivity contribution in [3.63, 3.8) is 0 Å². The van der Waals surface area contributed by atoms with E-state index in [0.29, 0.717) is 29.9 Å². The molecule has 9 nitrogen and oxygen atoms in total. The molecule has 31 heavy (non-hydrogen) atoms. The lowest BCUT2D eigenvalue weighted by Crippen LogP contribution is -2.34. The molecular formula is C21H22N8OS. The van der Waals surface area contributed by atoms with E-state index in [1.54, 1.807) is 17.8 Å². The molecule has 0 spiro atoms. The molecule has 1 amide bonds. The minimum atomic E-state index is -0.260. The first-order valence-electron chi connectivity index (χ1n) is 10.0. The van der Waals surface area contributed by atoms with Gasteiger partial charge in [-0.3, -0.25) is 14.7 Å². The molecule has 0 aromatic carbocycles. The number of thiazole rings is 1. The smallest absolute Gasteiger partial charge is 0.271 e. The molecule has 3 aromatic heterocycles. The molecule has 1 aliphatic heterocycles. The maximum Gasteiger partial charge on any atom is 0.271 e. The van der Waals surface area contributed by atoms with Gasteiger partial charge in [-0.1, -0.05) is 6.07 Å². The number of hydrogen-bond donors (Lipinski definition) is 2. The molecule has 1 atom stereocenters. The number of nitriles is 1. The standard InChI is InChI=1S/C21H22N8OS/c22-7-11-29-10-3-4-15(13-29)17-6-9-24-20(26-17)28-21-27-18(14-31-21)19(30)25-12-16-5-1-2-8-23-16/h1-2,5-6,8-9,14-15H,3-4,10-13H2,(H,25,30)(H,24,26,27,28). The Hall–Kier alpha value is -3.42. The van der Waals surface area contributed by atoms with Gasteiger partial charge in [0.15, 0.2) is 5.13 Å². The second-order valence-corrected chi connectivity index (χ2v) is 8.06. The van der Waals surface area contributed by atoms with Crippen LogP contribution in [0.4, 0.5) is 11.1 Å². The van der Waals surface area contributed by atoms with Crippen LogP contribution < -0.4 is 10.6 Å². The highest BCUT2D eigenvalue weighted by atomic mass is 32.1. The molecule has 0 aliphatic carbocycles. The fraction of sp³-hybridized carbons (Fsp3) is 0.333. The quantitative estimate of drug-likeness (QED) is 0.545. The molecule has 0 saturated carbocycles. The van der Waals surface area contributed by atoms with Gasteiger partial charge in [-0.2, -0.15) is 5.26 Å². The number of aromatic nitrogens is 4. The predicted octanol–water partition coefficient (Wildman–Crippen LogP) is 2.70. The number of carbonyl (C=O) groups is 1. The summed E-state index contributed by atoms with van der Waals surface area (Å²) in [4.78, 5) is 32.0. The van der Waals surface area contributed by atoms with E-state index in [1.807, 2.05) is 24.3 Å². The topological polar surface area (TPSA) is 120 Å². The summed E-state index contributed by atoms with van der Waals surface area (Å²) < 4.78 is 0. The monoisotopic (exact) mass is 434 g/mol. The lowest BCUT2D eigenvalue weighted by atomic mass is 9.94. The summed E-state index contributed by atoms with van der Waals surface area (Å²) in [6.07, 6.45) is 5.50. The van der Waals surface area contributed by atoms with Crippen molar-refractivity contribution >= 4 is 28.3 Å². The van der Waals surface area contributed by atoms with Gasteiger partial charge in [0.05, 0.1) is 30.5 Å². The van der Waals surface area contributed by atoms with Crippen molar-refractivity contribution < 1.29 is 4.79 Å². The minimum Gasteiger partial charge on any atom is -0.345 e. The first-order chi connectivity index (χ1) is 15.2. The largest absolute Gasteiger partial charge is 0.345 e. The molecule has 3 aromatic rings. The zero-order valence-electron chi connectivity index (χ0n) is 16.9. The van der Waals surface area contributed by atoms with E-state index in [4.69, 9.17) is 5.26 Å². The van der Waals surface area contributed by atoms with E-state index < -0.39 is 0 Å². The van der Waals surface area contributed by atoms with Gasteiger partial charge in [-0.15, -0.1) is 11.3 Å². The maximum atomic E-state index is 12.3. The zero-order chi connectivity index (χ0) is 21.5. The third kappa shape index (κ3) is 5.59. The molecule has 158 valence electrons. The van der Waals surface area contributed by atoms with Crippen LogP contribution in [0.1, 0.15) is 40.6 Å². The van der Waals surface area contributed by atoms with E-state index in [0.717, 1.165) is 37.3 Å². The van der Waals surface area contributed by atoms with Crippen molar-refractivity contribution in [2.45, 2.75) is 25.3 Å². The molecule has 1 fully saturated rings. The van der Waals surface area contributed by atoms with Crippen molar-refractivity contribution in [2.24, 2.45) is 0 Å². The molecule has 0 radical (unpaired) electrons. The summed E-state index contributed by atoms with van der Waals surface area (Å²) in [5.41, 5.74) is 2.06. The summed E-state index contributed by atoms with van der Waals surface area (Å²) >= 11 is 1.32. The number of piperidine rings is 1. The summed E-state index contributed by atoms with van der Waals surface area (Å²) in [5, 5.41) is 17.1. The Labute approximate surface area is 184 Å². The summed E-state index contributed by atoms with van der Waals surface area (Å²) in [6.45, 7) is 2.55. The second kappa shape index (κ2) is 10.1. The molecule has 1 aliphatic rings. The van der Waals surface area contributed by atoms with Crippen molar-refractivity contribution in [3.05, 3.63) is 59.1 Å².